The smallest absolute Gasteiger partial charge is 0.342 e. The summed E-state index contributed by atoms with van der Waals surface area (Å²) in [6.07, 6.45) is -0.178. The van der Waals surface area contributed by atoms with Crippen LogP contribution in [0.1, 0.15) is 38.1 Å². The highest BCUT2D eigenvalue weighted by Gasteiger charge is 2.24. The normalized spacial score (nSPS) is 11.3. The van der Waals surface area contributed by atoms with Crippen LogP contribution in [-0.4, -0.2) is 17.2 Å². The van der Waals surface area contributed by atoms with Crippen LogP contribution in [0.4, 0.5) is 0 Å². The number of ether oxygens (including phenoxy) is 1. The first kappa shape index (κ1) is 17.1. The molecule has 2 aromatic carbocycles. The zero-order valence-electron chi connectivity index (χ0n) is 14.1. The molecule has 0 amide bonds. The average molecular weight is 312 g/mol. The lowest BCUT2D eigenvalue weighted by atomic mass is 9.96. The van der Waals surface area contributed by atoms with Crippen molar-refractivity contribution < 1.29 is 14.6 Å². The van der Waals surface area contributed by atoms with Crippen molar-refractivity contribution in [2.75, 3.05) is 0 Å². The van der Waals surface area contributed by atoms with Crippen LogP contribution in [0.15, 0.2) is 48.5 Å². The van der Waals surface area contributed by atoms with E-state index in [2.05, 4.69) is 0 Å². The van der Waals surface area contributed by atoms with Gasteiger partial charge in [0.05, 0.1) is 0 Å². The largest absolute Gasteiger partial charge is 0.506 e. The van der Waals surface area contributed by atoms with E-state index in [0.29, 0.717) is 5.56 Å². The highest BCUT2D eigenvalue weighted by atomic mass is 16.5. The third-order valence-corrected chi connectivity index (χ3v) is 3.90. The van der Waals surface area contributed by atoms with Gasteiger partial charge in [-0.15, -0.1) is 0 Å². The number of hydrogen-bond donors (Lipinski definition) is 1. The molecule has 3 nitrogen and oxygen atoms in total. The lowest BCUT2D eigenvalue weighted by Gasteiger charge is -2.25. The van der Waals surface area contributed by atoms with E-state index in [0.717, 1.165) is 5.56 Å². The standard InChI is InChI=1S/C20H24O3/c1-13(2)19(14(3)4)23-20(22)17-12-8-11-16(18(17)21)15-9-6-5-7-10-15/h5-14,19,21H,1-4H3. The fourth-order valence-corrected chi connectivity index (χ4v) is 2.79. The van der Waals surface area contributed by atoms with Crippen molar-refractivity contribution in [1.82, 2.24) is 0 Å². The number of phenolic OH excluding ortho intramolecular Hbond substituents is 1. The van der Waals surface area contributed by atoms with Crippen LogP contribution in [0, 0.1) is 11.8 Å². The second-order valence-corrected chi connectivity index (χ2v) is 6.43. The molecule has 0 heterocycles. The molecule has 0 aliphatic rings. The number of benzene rings is 2. The molecule has 0 radical (unpaired) electrons. The molecule has 0 unspecified atom stereocenters. The second kappa shape index (κ2) is 7.32. The number of carbonyl (C=O) groups excluding carboxylic acids is 1. The van der Waals surface area contributed by atoms with Crippen LogP contribution < -0.4 is 0 Å². The lowest BCUT2D eigenvalue weighted by molar-refractivity contribution is 0.00298. The van der Waals surface area contributed by atoms with Gasteiger partial charge in [0.2, 0.25) is 0 Å². The van der Waals surface area contributed by atoms with Crippen molar-refractivity contribution in [2.24, 2.45) is 11.8 Å². The van der Waals surface area contributed by atoms with Gasteiger partial charge in [0.25, 0.3) is 0 Å². The Morgan fingerprint density at radius 2 is 1.52 bits per heavy atom. The van der Waals surface area contributed by atoms with Crippen molar-refractivity contribution in [3.8, 4) is 16.9 Å². The Morgan fingerprint density at radius 3 is 2.09 bits per heavy atom. The Morgan fingerprint density at radius 1 is 0.913 bits per heavy atom. The Balaban J connectivity index is 2.32. The molecule has 2 rings (SSSR count). The fourth-order valence-electron chi connectivity index (χ4n) is 2.79. The summed E-state index contributed by atoms with van der Waals surface area (Å²) in [5, 5.41) is 10.5. The molecular weight excluding hydrogens is 288 g/mol. The van der Waals surface area contributed by atoms with Gasteiger partial charge in [-0.25, -0.2) is 4.79 Å². The Hall–Kier alpha value is -2.29. The summed E-state index contributed by atoms with van der Waals surface area (Å²) in [6.45, 7) is 8.10. The summed E-state index contributed by atoms with van der Waals surface area (Å²) in [5.41, 5.74) is 1.70. The van der Waals surface area contributed by atoms with Crippen LogP contribution in [-0.2, 0) is 4.74 Å². The van der Waals surface area contributed by atoms with Gasteiger partial charge < -0.3 is 9.84 Å². The zero-order chi connectivity index (χ0) is 17.0. The molecule has 0 spiro atoms. The molecule has 0 bridgehead atoms. The summed E-state index contributed by atoms with van der Waals surface area (Å²) in [4.78, 5) is 12.5. The maximum Gasteiger partial charge on any atom is 0.342 e. The predicted octanol–water partition coefficient (Wildman–Crippen LogP) is 4.90. The Kier molecular flexibility index (Phi) is 5.43. The number of aromatic hydroxyl groups is 1. The van der Waals surface area contributed by atoms with Crippen molar-refractivity contribution in [3.05, 3.63) is 54.1 Å². The van der Waals surface area contributed by atoms with E-state index in [1.54, 1.807) is 18.2 Å². The topological polar surface area (TPSA) is 46.5 Å². The first-order valence-electron chi connectivity index (χ1n) is 8.00. The molecule has 0 aromatic heterocycles. The highest BCUT2D eigenvalue weighted by molar-refractivity contribution is 5.95. The van der Waals surface area contributed by atoms with Gasteiger partial charge in [-0.1, -0.05) is 70.2 Å². The summed E-state index contributed by atoms with van der Waals surface area (Å²) in [6, 6.07) is 14.7. The molecule has 0 saturated heterocycles. The molecule has 122 valence electrons. The maximum atomic E-state index is 12.5. The Bertz CT molecular complexity index is 652. The van der Waals surface area contributed by atoms with E-state index < -0.39 is 5.97 Å². The minimum Gasteiger partial charge on any atom is -0.506 e. The van der Waals surface area contributed by atoms with Crippen LogP contribution in [0.5, 0.6) is 5.75 Å². The number of hydrogen-bond acceptors (Lipinski definition) is 3. The maximum absolute atomic E-state index is 12.5. The monoisotopic (exact) mass is 312 g/mol. The van der Waals surface area contributed by atoms with Crippen molar-refractivity contribution >= 4 is 5.97 Å². The molecule has 1 N–H and O–H groups in total. The molecule has 0 aliphatic heterocycles. The van der Waals surface area contributed by atoms with E-state index in [-0.39, 0.29) is 29.3 Å². The van der Waals surface area contributed by atoms with Crippen LogP contribution >= 0.6 is 0 Å². The molecule has 2 aromatic rings. The van der Waals surface area contributed by atoms with Gasteiger partial charge in [-0.2, -0.15) is 0 Å². The number of carbonyl (C=O) groups is 1. The van der Waals surface area contributed by atoms with E-state index >= 15 is 0 Å². The van der Waals surface area contributed by atoms with Crippen LogP contribution in [0.2, 0.25) is 0 Å². The lowest BCUT2D eigenvalue weighted by Crippen LogP contribution is -2.28. The van der Waals surface area contributed by atoms with Gasteiger partial charge in [0, 0.05) is 5.56 Å². The first-order chi connectivity index (χ1) is 10.9. The summed E-state index contributed by atoms with van der Waals surface area (Å²) in [5.74, 6) is -0.0700. The third-order valence-electron chi connectivity index (χ3n) is 3.90. The van der Waals surface area contributed by atoms with Crippen molar-refractivity contribution in [2.45, 2.75) is 33.8 Å². The molecule has 0 atom stereocenters. The molecule has 3 heteroatoms. The highest BCUT2D eigenvalue weighted by Crippen LogP contribution is 2.33. The minimum absolute atomic E-state index is 0.0324. The molecule has 0 saturated carbocycles. The number of para-hydroxylation sites is 1. The number of esters is 1. The average Bonchev–Trinajstić information content (AvgIpc) is 2.52. The fraction of sp³-hybridized carbons (Fsp3) is 0.350. The van der Waals surface area contributed by atoms with Crippen LogP contribution in [0.3, 0.4) is 0 Å². The molecule has 0 aliphatic carbocycles. The van der Waals surface area contributed by atoms with E-state index in [4.69, 9.17) is 4.74 Å². The van der Waals surface area contributed by atoms with Gasteiger partial charge in [0.15, 0.2) is 0 Å². The molecule has 23 heavy (non-hydrogen) atoms. The summed E-state index contributed by atoms with van der Waals surface area (Å²) >= 11 is 0. The SMILES string of the molecule is CC(C)C(OC(=O)c1cccc(-c2ccccc2)c1O)C(C)C. The van der Waals surface area contributed by atoms with E-state index in [1.807, 2.05) is 58.0 Å². The number of rotatable bonds is 5. The van der Waals surface area contributed by atoms with Gasteiger partial charge in [0.1, 0.15) is 17.4 Å². The number of phenols is 1. The summed E-state index contributed by atoms with van der Waals surface area (Å²) < 4.78 is 5.63. The second-order valence-electron chi connectivity index (χ2n) is 6.43. The minimum atomic E-state index is -0.479. The first-order valence-corrected chi connectivity index (χ1v) is 8.00. The van der Waals surface area contributed by atoms with Gasteiger partial charge in [-0.05, 0) is 23.5 Å². The zero-order valence-corrected chi connectivity index (χ0v) is 14.1. The quantitative estimate of drug-likeness (QED) is 0.799. The van der Waals surface area contributed by atoms with E-state index in [9.17, 15) is 9.90 Å². The van der Waals surface area contributed by atoms with Crippen LogP contribution in [0.25, 0.3) is 11.1 Å². The third kappa shape index (κ3) is 3.92. The van der Waals surface area contributed by atoms with Gasteiger partial charge >= 0.3 is 5.97 Å². The van der Waals surface area contributed by atoms with E-state index in [1.165, 1.54) is 0 Å². The predicted molar refractivity (Wildman–Crippen MR) is 92.4 cm³/mol. The molecular formula is C20H24O3. The van der Waals surface area contributed by atoms with Crippen molar-refractivity contribution in [1.29, 1.82) is 0 Å². The van der Waals surface area contributed by atoms with Crippen molar-refractivity contribution in [3.63, 3.8) is 0 Å². The molecule has 0 fully saturated rings. The summed E-state index contributed by atoms with van der Waals surface area (Å²) in [7, 11) is 0. The Labute approximate surface area is 137 Å². The van der Waals surface area contributed by atoms with Gasteiger partial charge in [-0.3, -0.25) is 0 Å².